The number of benzene rings is 1. The maximum absolute atomic E-state index is 10.9. The molecule has 0 radical (unpaired) electrons. The number of nitrogens with zero attached hydrogens (tertiary/aromatic N) is 2. The number of hydrogen-bond donors (Lipinski definition) is 0. The molecular weight excluding hydrogens is 336 g/mol. The molecule has 0 bridgehead atoms. The van der Waals surface area contributed by atoms with Gasteiger partial charge in [0.2, 0.25) is 11.8 Å². The third-order valence-electron chi connectivity index (χ3n) is 2.55. The van der Waals surface area contributed by atoms with Crippen molar-refractivity contribution in [3.63, 3.8) is 0 Å². The number of rotatable bonds is 5. The van der Waals surface area contributed by atoms with E-state index in [1.807, 2.05) is 6.07 Å². The van der Waals surface area contributed by atoms with E-state index < -0.39 is 0 Å². The molecule has 0 unspecified atom stereocenters. The summed E-state index contributed by atoms with van der Waals surface area (Å²) in [7, 11) is 0. The molecule has 5 nitrogen and oxygen atoms in total. The lowest BCUT2D eigenvalue weighted by Gasteiger charge is -2.09. The first-order chi connectivity index (χ1) is 10.2. The Kier molecular flexibility index (Phi) is 4.90. The summed E-state index contributed by atoms with van der Waals surface area (Å²) in [4.78, 5) is 15.0. The zero-order valence-corrected chi connectivity index (χ0v) is 12.8. The van der Waals surface area contributed by atoms with Crippen LogP contribution in [-0.2, 0) is 0 Å². The van der Waals surface area contributed by atoms with Crippen LogP contribution < -0.4 is 9.47 Å². The van der Waals surface area contributed by atoms with Crippen molar-refractivity contribution in [3.05, 3.63) is 45.9 Å². The smallest absolute Gasteiger partial charge is 0.234 e. The molecule has 0 atom stereocenters. The first-order valence-corrected chi connectivity index (χ1v) is 6.93. The predicted octanol–water partition coefficient (Wildman–Crippen LogP) is 3.72. The van der Waals surface area contributed by atoms with Crippen LogP contribution in [-0.4, -0.2) is 17.9 Å². The van der Waals surface area contributed by atoms with Gasteiger partial charge in [0.05, 0.1) is 6.61 Å². The Morgan fingerprint density at radius 3 is 2.86 bits per heavy atom. The molecule has 0 spiro atoms. The zero-order valence-electron chi connectivity index (χ0n) is 11.2. The minimum absolute atomic E-state index is 0.227. The first kappa shape index (κ1) is 15.0. The van der Waals surface area contributed by atoms with Crippen LogP contribution in [0.5, 0.6) is 17.5 Å². The molecule has 0 fully saturated rings. The van der Waals surface area contributed by atoms with Crippen molar-refractivity contribution in [1.29, 1.82) is 5.26 Å². The molecule has 0 aliphatic carbocycles. The lowest BCUT2D eigenvalue weighted by molar-refractivity contribution is 0.112. The molecule has 0 saturated heterocycles. The topological polar surface area (TPSA) is 72.2 Å². The molecule has 0 aliphatic heterocycles. The van der Waals surface area contributed by atoms with E-state index >= 15 is 0 Å². The van der Waals surface area contributed by atoms with Crippen LogP contribution in [0, 0.1) is 11.3 Å². The van der Waals surface area contributed by atoms with E-state index in [1.54, 1.807) is 37.3 Å². The van der Waals surface area contributed by atoms with Crippen LogP contribution in [0.15, 0.2) is 34.8 Å². The molecular formula is C15H11BrN2O3. The summed E-state index contributed by atoms with van der Waals surface area (Å²) < 4.78 is 11.6. The van der Waals surface area contributed by atoms with E-state index in [4.69, 9.17) is 14.7 Å². The van der Waals surface area contributed by atoms with Gasteiger partial charge in [0.15, 0.2) is 6.29 Å². The summed E-state index contributed by atoms with van der Waals surface area (Å²) in [6.45, 7) is 2.21. The summed E-state index contributed by atoms with van der Waals surface area (Å²) >= 11 is 3.27. The van der Waals surface area contributed by atoms with E-state index in [0.29, 0.717) is 28.0 Å². The van der Waals surface area contributed by atoms with Crippen LogP contribution in [0.2, 0.25) is 0 Å². The second-order valence-corrected chi connectivity index (χ2v) is 4.80. The van der Waals surface area contributed by atoms with Gasteiger partial charge in [0.25, 0.3) is 0 Å². The summed E-state index contributed by atoms with van der Waals surface area (Å²) in [5.41, 5.74) is 0.819. The molecule has 2 aromatic rings. The van der Waals surface area contributed by atoms with Crippen molar-refractivity contribution in [3.8, 4) is 23.6 Å². The molecule has 0 N–H and O–H groups in total. The quantitative estimate of drug-likeness (QED) is 0.771. The van der Waals surface area contributed by atoms with Crippen molar-refractivity contribution >= 4 is 22.2 Å². The fourth-order valence-electron chi connectivity index (χ4n) is 1.61. The van der Waals surface area contributed by atoms with Gasteiger partial charge >= 0.3 is 0 Å². The minimum Gasteiger partial charge on any atom is -0.477 e. The Morgan fingerprint density at radius 1 is 1.38 bits per heavy atom. The van der Waals surface area contributed by atoms with E-state index in [2.05, 4.69) is 20.9 Å². The molecule has 0 amide bonds. The Balaban J connectivity index is 2.29. The third kappa shape index (κ3) is 3.58. The summed E-state index contributed by atoms with van der Waals surface area (Å²) in [5, 5.41) is 8.97. The third-order valence-corrected chi connectivity index (χ3v) is 3.28. The molecule has 2 rings (SSSR count). The number of aldehydes is 1. The highest BCUT2D eigenvalue weighted by Crippen LogP contribution is 2.27. The number of carbonyl (C=O) groups excluding carboxylic acids is 1. The highest BCUT2D eigenvalue weighted by atomic mass is 79.9. The summed E-state index contributed by atoms with van der Waals surface area (Å²) in [6.07, 6.45) is 0.731. The Morgan fingerprint density at radius 2 is 2.19 bits per heavy atom. The van der Waals surface area contributed by atoms with Gasteiger partial charge in [0, 0.05) is 16.1 Å². The average molecular weight is 347 g/mol. The Labute approximate surface area is 130 Å². The number of pyridine rings is 1. The van der Waals surface area contributed by atoms with Crippen molar-refractivity contribution < 1.29 is 14.3 Å². The van der Waals surface area contributed by atoms with Crippen LogP contribution in [0.1, 0.15) is 22.8 Å². The van der Waals surface area contributed by atoms with Gasteiger partial charge in [-0.2, -0.15) is 10.2 Å². The maximum Gasteiger partial charge on any atom is 0.234 e. The molecule has 6 heteroatoms. The Hall–Kier alpha value is -2.39. The average Bonchev–Trinajstić information content (AvgIpc) is 2.50. The van der Waals surface area contributed by atoms with E-state index in [-0.39, 0.29) is 11.8 Å². The molecule has 1 heterocycles. The predicted molar refractivity (Wildman–Crippen MR) is 79.7 cm³/mol. The highest BCUT2D eigenvalue weighted by Gasteiger charge is 2.09. The van der Waals surface area contributed by atoms with Crippen molar-refractivity contribution in [2.75, 3.05) is 6.61 Å². The van der Waals surface area contributed by atoms with Crippen molar-refractivity contribution in [2.45, 2.75) is 6.92 Å². The molecule has 0 saturated carbocycles. The standard InChI is InChI=1S/C15H11BrN2O3/c1-2-20-15-10(8-17)3-6-14(18-15)21-12-4-5-13(16)11(7-12)9-19/h3-7,9H,2H2,1H3. The lowest BCUT2D eigenvalue weighted by Crippen LogP contribution is -1.99. The number of halogens is 1. The zero-order chi connectivity index (χ0) is 15.2. The van der Waals surface area contributed by atoms with Gasteiger partial charge in [0.1, 0.15) is 17.4 Å². The number of nitriles is 1. The van der Waals surface area contributed by atoms with Crippen LogP contribution in [0.3, 0.4) is 0 Å². The van der Waals surface area contributed by atoms with E-state index in [1.165, 1.54) is 0 Å². The lowest BCUT2D eigenvalue weighted by atomic mass is 10.2. The molecule has 1 aromatic carbocycles. The van der Waals surface area contributed by atoms with E-state index in [9.17, 15) is 4.79 Å². The van der Waals surface area contributed by atoms with Gasteiger partial charge < -0.3 is 9.47 Å². The largest absolute Gasteiger partial charge is 0.477 e. The van der Waals surface area contributed by atoms with Crippen LogP contribution in [0.25, 0.3) is 0 Å². The van der Waals surface area contributed by atoms with Crippen molar-refractivity contribution in [2.24, 2.45) is 0 Å². The molecule has 106 valence electrons. The fourth-order valence-corrected chi connectivity index (χ4v) is 1.95. The van der Waals surface area contributed by atoms with Crippen molar-refractivity contribution in [1.82, 2.24) is 4.98 Å². The van der Waals surface area contributed by atoms with E-state index in [0.717, 1.165) is 6.29 Å². The van der Waals surface area contributed by atoms with Gasteiger partial charge in [-0.05, 0) is 31.2 Å². The SMILES string of the molecule is CCOc1nc(Oc2ccc(Br)c(C=O)c2)ccc1C#N. The number of hydrogen-bond acceptors (Lipinski definition) is 5. The van der Waals surface area contributed by atoms with Gasteiger partial charge in [-0.15, -0.1) is 0 Å². The van der Waals surface area contributed by atoms with Gasteiger partial charge in [-0.3, -0.25) is 4.79 Å². The fraction of sp³-hybridized carbons (Fsp3) is 0.133. The number of ether oxygens (including phenoxy) is 2. The summed E-state index contributed by atoms with van der Waals surface area (Å²) in [6, 6.07) is 10.2. The maximum atomic E-state index is 10.9. The van der Waals surface area contributed by atoms with Gasteiger partial charge in [-0.1, -0.05) is 15.9 Å². The minimum atomic E-state index is 0.227. The number of carbonyl (C=O) groups is 1. The summed E-state index contributed by atoms with van der Waals surface area (Å²) in [5.74, 6) is 0.988. The second kappa shape index (κ2) is 6.86. The van der Waals surface area contributed by atoms with Crippen LogP contribution in [0.4, 0.5) is 0 Å². The highest BCUT2D eigenvalue weighted by molar-refractivity contribution is 9.10. The Bertz CT molecular complexity index is 711. The second-order valence-electron chi connectivity index (χ2n) is 3.95. The first-order valence-electron chi connectivity index (χ1n) is 6.14. The normalized spacial score (nSPS) is 9.76. The molecule has 21 heavy (non-hydrogen) atoms. The monoisotopic (exact) mass is 346 g/mol. The molecule has 0 aliphatic rings. The number of aromatic nitrogens is 1. The van der Waals surface area contributed by atoms with Crippen LogP contribution >= 0.6 is 15.9 Å². The molecule has 1 aromatic heterocycles. The van der Waals surface area contributed by atoms with Gasteiger partial charge in [-0.25, -0.2) is 0 Å².